The van der Waals surface area contributed by atoms with E-state index in [4.69, 9.17) is 14.5 Å². The molecule has 0 bridgehead atoms. The second kappa shape index (κ2) is 5.30. The third-order valence-corrected chi connectivity index (χ3v) is 3.14. The molecule has 1 aliphatic rings. The van der Waals surface area contributed by atoms with Crippen LogP contribution in [0.4, 0.5) is 0 Å². The topological polar surface area (TPSA) is 137 Å². The van der Waals surface area contributed by atoms with Crippen LogP contribution in [0.25, 0.3) is 0 Å². The summed E-state index contributed by atoms with van der Waals surface area (Å²) in [6.07, 6.45) is -5.51. The molecule has 1 saturated heterocycles. The first-order valence-electron chi connectivity index (χ1n) is 4.30. The minimum absolute atomic E-state index is 0.653. The molecule has 16 heavy (non-hydrogen) atoms. The van der Waals surface area contributed by atoms with Gasteiger partial charge >= 0.3 is 7.82 Å². The first kappa shape index (κ1) is 14.4. The molecule has 1 unspecified atom stereocenters. The van der Waals surface area contributed by atoms with Crippen molar-refractivity contribution in [2.45, 2.75) is 29.9 Å². The molecule has 0 aromatic rings. The van der Waals surface area contributed by atoms with Gasteiger partial charge < -0.3 is 29.8 Å². The Kier molecular flexibility index (Phi) is 4.76. The highest BCUT2D eigenvalue weighted by Gasteiger charge is 2.42. The van der Waals surface area contributed by atoms with Crippen molar-refractivity contribution in [3.8, 4) is 0 Å². The number of ether oxygens (including phenoxy) is 1. The van der Waals surface area contributed by atoms with Gasteiger partial charge in [0.2, 0.25) is 0 Å². The van der Waals surface area contributed by atoms with Crippen LogP contribution in [0.3, 0.4) is 0 Å². The zero-order valence-corrected chi connectivity index (χ0v) is 9.74. The Hall–Kier alpha value is 0.300. The largest absolute Gasteiger partial charge is 0.469 e. The zero-order valence-electron chi connectivity index (χ0n) is 7.95. The number of hydrogen-bond acceptors (Lipinski definition) is 7. The summed E-state index contributed by atoms with van der Waals surface area (Å²) in [4.78, 5) is 16.9. The normalized spacial score (nSPS) is 41.0. The van der Waals surface area contributed by atoms with E-state index in [-0.39, 0.29) is 0 Å². The van der Waals surface area contributed by atoms with E-state index in [0.717, 1.165) is 0 Å². The van der Waals surface area contributed by atoms with E-state index in [0.29, 0.717) is 0 Å². The Morgan fingerprint density at radius 2 is 1.81 bits per heavy atom. The Morgan fingerprint density at radius 1 is 1.25 bits per heavy atom. The second-order valence-electron chi connectivity index (χ2n) is 3.32. The molecular formula is C6H13O8PS. The van der Waals surface area contributed by atoms with Crippen LogP contribution in [0.1, 0.15) is 0 Å². The summed E-state index contributed by atoms with van der Waals surface area (Å²) in [6.45, 7) is -0.653. The van der Waals surface area contributed by atoms with Gasteiger partial charge in [0, 0.05) is 0 Å². The lowest BCUT2D eigenvalue weighted by Crippen LogP contribution is -2.56. The highest BCUT2D eigenvalue weighted by molar-refractivity contribution is 7.81. The summed E-state index contributed by atoms with van der Waals surface area (Å²) in [5, 5.41) is 27.1. The lowest BCUT2D eigenvalue weighted by Gasteiger charge is -2.38. The predicted molar refractivity (Wildman–Crippen MR) is 53.7 cm³/mol. The van der Waals surface area contributed by atoms with Crippen LogP contribution >= 0.6 is 20.5 Å². The van der Waals surface area contributed by atoms with Crippen molar-refractivity contribution in [1.29, 1.82) is 0 Å². The van der Waals surface area contributed by atoms with Crippen LogP contribution in [0.5, 0.6) is 0 Å². The highest BCUT2D eigenvalue weighted by atomic mass is 32.1. The molecule has 0 aromatic carbocycles. The van der Waals surface area contributed by atoms with Gasteiger partial charge in [-0.1, -0.05) is 0 Å². The van der Waals surface area contributed by atoms with Gasteiger partial charge in [-0.05, 0) is 0 Å². The third kappa shape index (κ3) is 3.66. The Bertz CT molecular complexity index is 282. The first-order chi connectivity index (χ1) is 7.22. The van der Waals surface area contributed by atoms with E-state index in [2.05, 4.69) is 17.2 Å². The molecule has 0 aliphatic carbocycles. The Morgan fingerprint density at radius 3 is 2.31 bits per heavy atom. The van der Waals surface area contributed by atoms with Crippen molar-refractivity contribution in [2.24, 2.45) is 0 Å². The SMILES string of the molecule is O=P(O)(O)OC[C@H]1OC(O)[C@H](S)[C@@H](O)[C@@H]1O. The molecular weight excluding hydrogens is 263 g/mol. The predicted octanol–water partition coefficient (Wildman–Crippen LogP) is -2.17. The number of phosphoric acid groups is 1. The number of rotatable bonds is 3. The molecule has 5 N–H and O–H groups in total. The van der Waals surface area contributed by atoms with Crippen molar-refractivity contribution in [2.75, 3.05) is 6.61 Å². The fourth-order valence-corrected chi connectivity index (χ4v) is 1.83. The van der Waals surface area contributed by atoms with E-state index >= 15 is 0 Å². The summed E-state index contributed by atoms with van der Waals surface area (Å²) in [5.41, 5.74) is 0. The summed E-state index contributed by atoms with van der Waals surface area (Å²) in [6, 6.07) is 0. The van der Waals surface area contributed by atoms with Crippen LogP contribution in [0, 0.1) is 0 Å². The number of aliphatic hydroxyl groups excluding tert-OH is 3. The molecule has 0 spiro atoms. The molecule has 5 atom stereocenters. The number of phosphoric ester groups is 1. The van der Waals surface area contributed by atoms with E-state index < -0.39 is 44.3 Å². The van der Waals surface area contributed by atoms with E-state index in [1.54, 1.807) is 0 Å². The van der Waals surface area contributed by atoms with Crippen molar-refractivity contribution >= 4 is 20.5 Å². The second-order valence-corrected chi connectivity index (χ2v) is 5.16. The van der Waals surface area contributed by atoms with Crippen molar-refractivity contribution < 1.29 is 38.9 Å². The van der Waals surface area contributed by atoms with Gasteiger partial charge in [-0.2, -0.15) is 12.6 Å². The molecule has 8 nitrogen and oxygen atoms in total. The minimum atomic E-state index is -4.69. The first-order valence-corrected chi connectivity index (χ1v) is 6.35. The third-order valence-electron chi connectivity index (χ3n) is 2.09. The molecule has 96 valence electrons. The molecule has 1 aliphatic heterocycles. The van der Waals surface area contributed by atoms with Crippen molar-refractivity contribution in [3.63, 3.8) is 0 Å². The summed E-state index contributed by atoms with van der Waals surface area (Å²) < 4.78 is 19.3. The molecule has 0 aromatic heterocycles. The Balaban J connectivity index is 2.57. The monoisotopic (exact) mass is 276 g/mol. The van der Waals surface area contributed by atoms with Crippen LogP contribution in [0.2, 0.25) is 0 Å². The molecule has 0 radical (unpaired) electrons. The van der Waals surface area contributed by atoms with Crippen LogP contribution in [0.15, 0.2) is 0 Å². The maximum absolute atomic E-state index is 10.4. The van der Waals surface area contributed by atoms with E-state index in [1.165, 1.54) is 0 Å². The number of hydrogen-bond donors (Lipinski definition) is 6. The molecule has 1 rings (SSSR count). The van der Waals surface area contributed by atoms with Gasteiger partial charge in [0.05, 0.1) is 18.0 Å². The molecule has 10 heteroatoms. The smallest absolute Gasteiger partial charge is 0.389 e. The molecule has 1 fully saturated rings. The lowest BCUT2D eigenvalue weighted by atomic mass is 10.0. The fourth-order valence-electron chi connectivity index (χ4n) is 1.24. The summed E-state index contributed by atoms with van der Waals surface area (Å²) in [7, 11) is -4.69. The van der Waals surface area contributed by atoms with E-state index in [1.807, 2.05) is 0 Å². The van der Waals surface area contributed by atoms with Gasteiger partial charge in [-0.25, -0.2) is 4.57 Å². The fraction of sp³-hybridized carbons (Fsp3) is 1.00. The molecule has 0 amide bonds. The standard InChI is InChI=1S/C6H13O8PS/c7-3-2(1-13-15(10,11)12)14-6(9)5(16)4(3)8/h2-9,16H,1H2,(H2,10,11,12)/t2-,3-,4+,5-,6?/m1/s1. The lowest BCUT2D eigenvalue weighted by molar-refractivity contribution is -0.233. The Labute approximate surface area is 96.5 Å². The maximum Gasteiger partial charge on any atom is 0.469 e. The average molecular weight is 276 g/mol. The van der Waals surface area contributed by atoms with Crippen LogP contribution < -0.4 is 0 Å². The maximum atomic E-state index is 10.4. The summed E-state index contributed by atoms with van der Waals surface area (Å²) in [5.74, 6) is 0. The quantitative estimate of drug-likeness (QED) is 0.253. The van der Waals surface area contributed by atoms with Crippen molar-refractivity contribution in [3.05, 3.63) is 0 Å². The molecule has 1 heterocycles. The highest BCUT2D eigenvalue weighted by Crippen LogP contribution is 2.37. The number of thiol groups is 1. The van der Waals surface area contributed by atoms with Gasteiger partial charge in [0.25, 0.3) is 0 Å². The van der Waals surface area contributed by atoms with Gasteiger partial charge in [0.15, 0.2) is 6.29 Å². The van der Waals surface area contributed by atoms with Crippen molar-refractivity contribution in [1.82, 2.24) is 0 Å². The van der Waals surface area contributed by atoms with Gasteiger partial charge in [0.1, 0.15) is 12.2 Å². The van der Waals surface area contributed by atoms with Gasteiger partial charge in [-0.3, -0.25) is 4.52 Å². The van der Waals surface area contributed by atoms with E-state index in [9.17, 15) is 19.9 Å². The average Bonchev–Trinajstić information content (AvgIpc) is 2.17. The molecule has 0 saturated carbocycles. The summed E-state index contributed by atoms with van der Waals surface area (Å²) >= 11 is 3.80. The number of aliphatic hydroxyl groups is 3. The van der Waals surface area contributed by atoms with Gasteiger partial charge in [-0.15, -0.1) is 0 Å². The zero-order chi connectivity index (χ0) is 12.5. The van der Waals surface area contributed by atoms with Crippen LogP contribution in [-0.2, 0) is 13.8 Å². The van der Waals surface area contributed by atoms with Crippen LogP contribution in [-0.4, -0.2) is 61.6 Å². The minimum Gasteiger partial charge on any atom is -0.389 e.